The van der Waals surface area contributed by atoms with Gasteiger partial charge in [-0.25, -0.2) is 0 Å². The highest BCUT2D eigenvalue weighted by molar-refractivity contribution is 5.78. The minimum atomic E-state index is -0.168. The second-order valence-corrected chi connectivity index (χ2v) is 4.10. The second-order valence-electron chi connectivity index (χ2n) is 4.10. The summed E-state index contributed by atoms with van der Waals surface area (Å²) in [6, 6.07) is 7.94. The summed E-state index contributed by atoms with van der Waals surface area (Å²) < 4.78 is 5.21. The predicted molar refractivity (Wildman–Crippen MR) is 65.5 cm³/mol. The lowest BCUT2D eigenvalue weighted by Gasteiger charge is -2.13. The number of hydrogen-bond donors (Lipinski definition) is 0. The molecule has 16 heavy (non-hydrogen) atoms. The highest BCUT2D eigenvalue weighted by atomic mass is 16.5. The molecule has 0 fully saturated rings. The Balaban J connectivity index is 2.60. The molecule has 0 aliphatic heterocycles. The Morgan fingerprint density at radius 2 is 2.06 bits per heavy atom. The topological polar surface area (TPSA) is 26.3 Å². The Bertz CT molecular complexity index is 344. The Morgan fingerprint density at radius 1 is 1.38 bits per heavy atom. The van der Waals surface area contributed by atoms with E-state index in [0.29, 0.717) is 6.61 Å². The monoisotopic (exact) mass is 220 g/mol. The van der Waals surface area contributed by atoms with Crippen LogP contribution < -0.4 is 0 Å². The molecule has 0 aromatic heterocycles. The van der Waals surface area contributed by atoms with Gasteiger partial charge in [-0.15, -0.1) is 0 Å². The molecule has 1 unspecified atom stereocenters. The van der Waals surface area contributed by atoms with Crippen LogP contribution in [0.15, 0.2) is 24.3 Å². The summed E-state index contributed by atoms with van der Waals surface area (Å²) in [5, 5.41) is 0. The van der Waals surface area contributed by atoms with Crippen molar-refractivity contribution >= 4 is 5.97 Å². The predicted octanol–water partition coefficient (Wildman–Crippen LogP) is 3.44. The van der Waals surface area contributed by atoms with Crippen molar-refractivity contribution in [1.29, 1.82) is 0 Å². The molecular weight excluding hydrogens is 200 g/mol. The summed E-state index contributed by atoms with van der Waals surface area (Å²) in [4.78, 5) is 11.7. The zero-order chi connectivity index (χ0) is 12.0. The molecule has 2 nitrogen and oxygen atoms in total. The molecule has 0 heterocycles. The summed E-state index contributed by atoms with van der Waals surface area (Å²) in [6.07, 6.45) is 1.98. The normalized spacial score (nSPS) is 12.2. The molecule has 0 radical (unpaired) electrons. The van der Waals surface area contributed by atoms with Gasteiger partial charge in [-0.3, -0.25) is 4.79 Å². The number of benzene rings is 1. The minimum absolute atomic E-state index is 0.122. The average Bonchev–Trinajstić information content (AvgIpc) is 2.29. The van der Waals surface area contributed by atoms with Gasteiger partial charge < -0.3 is 4.74 Å². The fraction of sp³-hybridized carbons (Fsp3) is 0.500. The van der Waals surface area contributed by atoms with E-state index >= 15 is 0 Å². The lowest BCUT2D eigenvalue weighted by atomic mass is 9.97. The zero-order valence-corrected chi connectivity index (χ0v) is 10.3. The number of esters is 1. The molecule has 88 valence electrons. The maximum absolute atomic E-state index is 11.7. The van der Waals surface area contributed by atoms with E-state index in [0.717, 1.165) is 24.0 Å². The summed E-state index contributed by atoms with van der Waals surface area (Å²) >= 11 is 0. The van der Waals surface area contributed by atoms with Crippen LogP contribution in [-0.4, -0.2) is 12.6 Å². The maximum atomic E-state index is 11.7. The van der Waals surface area contributed by atoms with Gasteiger partial charge in [0.1, 0.15) is 0 Å². The van der Waals surface area contributed by atoms with E-state index in [4.69, 9.17) is 4.74 Å². The van der Waals surface area contributed by atoms with E-state index in [2.05, 4.69) is 6.92 Å². The van der Waals surface area contributed by atoms with Gasteiger partial charge in [0.25, 0.3) is 0 Å². The van der Waals surface area contributed by atoms with E-state index < -0.39 is 0 Å². The van der Waals surface area contributed by atoms with Crippen molar-refractivity contribution < 1.29 is 9.53 Å². The van der Waals surface area contributed by atoms with Crippen molar-refractivity contribution in [2.75, 3.05) is 6.61 Å². The molecule has 0 amide bonds. The van der Waals surface area contributed by atoms with Gasteiger partial charge in [0.15, 0.2) is 0 Å². The summed E-state index contributed by atoms with van der Waals surface area (Å²) in [5.41, 5.74) is 2.20. The molecule has 0 spiro atoms. The molecule has 1 rings (SSSR count). The lowest BCUT2D eigenvalue weighted by molar-refractivity contribution is -0.145. The largest absolute Gasteiger partial charge is 0.465 e. The quantitative estimate of drug-likeness (QED) is 0.561. The van der Waals surface area contributed by atoms with E-state index in [1.165, 1.54) is 0 Å². The second kappa shape index (κ2) is 6.31. The molecule has 0 saturated heterocycles. The number of hydrogen-bond acceptors (Lipinski definition) is 2. The SMILES string of the molecule is CCCCOC(=O)C(C)c1ccccc1C. The molecule has 0 aliphatic carbocycles. The number of rotatable bonds is 5. The molecule has 0 N–H and O–H groups in total. The molecule has 0 aliphatic rings. The smallest absolute Gasteiger partial charge is 0.313 e. The van der Waals surface area contributed by atoms with Crippen molar-refractivity contribution in [3.05, 3.63) is 35.4 Å². The number of carbonyl (C=O) groups excluding carboxylic acids is 1. The van der Waals surface area contributed by atoms with Crippen LogP contribution in [0.25, 0.3) is 0 Å². The average molecular weight is 220 g/mol. The highest BCUT2D eigenvalue weighted by Crippen LogP contribution is 2.20. The summed E-state index contributed by atoms with van der Waals surface area (Å²) in [7, 11) is 0. The van der Waals surface area contributed by atoms with E-state index in [1.54, 1.807) is 0 Å². The van der Waals surface area contributed by atoms with Crippen molar-refractivity contribution in [3.8, 4) is 0 Å². The number of unbranched alkanes of at least 4 members (excludes halogenated alkanes) is 1. The van der Waals surface area contributed by atoms with Crippen molar-refractivity contribution in [1.82, 2.24) is 0 Å². The Labute approximate surface area is 97.6 Å². The Morgan fingerprint density at radius 3 is 2.69 bits per heavy atom. The molecule has 0 bridgehead atoms. The van der Waals surface area contributed by atoms with Crippen LogP contribution >= 0.6 is 0 Å². The summed E-state index contributed by atoms with van der Waals surface area (Å²) in [6.45, 7) is 6.53. The van der Waals surface area contributed by atoms with Gasteiger partial charge in [0.05, 0.1) is 12.5 Å². The van der Waals surface area contributed by atoms with E-state index in [1.807, 2.05) is 38.1 Å². The molecular formula is C14H20O2. The molecule has 1 aromatic carbocycles. The van der Waals surface area contributed by atoms with Gasteiger partial charge in [-0.2, -0.15) is 0 Å². The van der Waals surface area contributed by atoms with Gasteiger partial charge in [0.2, 0.25) is 0 Å². The Hall–Kier alpha value is -1.31. The maximum Gasteiger partial charge on any atom is 0.313 e. The van der Waals surface area contributed by atoms with Gasteiger partial charge >= 0.3 is 5.97 Å². The highest BCUT2D eigenvalue weighted by Gasteiger charge is 2.17. The lowest BCUT2D eigenvalue weighted by Crippen LogP contribution is -2.14. The number of carbonyl (C=O) groups is 1. The van der Waals surface area contributed by atoms with Crippen molar-refractivity contribution in [2.45, 2.75) is 39.5 Å². The minimum Gasteiger partial charge on any atom is -0.465 e. The van der Waals surface area contributed by atoms with Crippen molar-refractivity contribution in [3.63, 3.8) is 0 Å². The third-order valence-corrected chi connectivity index (χ3v) is 2.75. The van der Waals surface area contributed by atoms with Crippen LogP contribution in [0.1, 0.15) is 43.7 Å². The van der Waals surface area contributed by atoms with Crippen molar-refractivity contribution in [2.24, 2.45) is 0 Å². The van der Waals surface area contributed by atoms with Crippen LogP contribution in [0.4, 0.5) is 0 Å². The molecule has 1 atom stereocenters. The molecule has 0 saturated carbocycles. The first kappa shape index (κ1) is 12.8. The van der Waals surface area contributed by atoms with Crippen LogP contribution in [0.3, 0.4) is 0 Å². The number of ether oxygens (including phenoxy) is 1. The van der Waals surface area contributed by atoms with Gasteiger partial charge in [-0.05, 0) is 31.4 Å². The van der Waals surface area contributed by atoms with Gasteiger partial charge in [0, 0.05) is 0 Å². The van der Waals surface area contributed by atoms with Gasteiger partial charge in [-0.1, -0.05) is 37.6 Å². The first-order chi connectivity index (χ1) is 7.66. The van der Waals surface area contributed by atoms with E-state index in [9.17, 15) is 4.79 Å². The standard InChI is InChI=1S/C14H20O2/c1-4-5-10-16-14(15)12(3)13-9-7-6-8-11(13)2/h6-9,12H,4-5,10H2,1-3H3. The van der Waals surface area contributed by atoms with Crippen LogP contribution in [-0.2, 0) is 9.53 Å². The van der Waals surface area contributed by atoms with E-state index in [-0.39, 0.29) is 11.9 Å². The fourth-order valence-corrected chi connectivity index (χ4v) is 1.64. The third-order valence-electron chi connectivity index (χ3n) is 2.75. The zero-order valence-electron chi connectivity index (χ0n) is 10.3. The van der Waals surface area contributed by atoms with Crippen LogP contribution in [0.2, 0.25) is 0 Å². The molecule has 2 heteroatoms. The third kappa shape index (κ3) is 3.37. The first-order valence-electron chi connectivity index (χ1n) is 5.89. The Kier molecular flexibility index (Phi) is 5.03. The fourth-order valence-electron chi connectivity index (χ4n) is 1.64. The van der Waals surface area contributed by atoms with Crippen LogP contribution in [0.5, 0.6) is 0 Å². The first-order valence-corrected chi connectivity index (χ1v) is 5.89. The van der Waals surface area contributed by atoms with Crippen LogP contribution in [0, 0.1) is 6.92 Å². The number of aryl methyl sites for hydroxylation is 1. The summed E-state index contributed by atoms with van der Waals surface area (Å²) in [5.74, 6) is -0.291. The molecule has 1 aromatic rings.